The van der Waals surface area contributed by atoms with Crippen LogP contribution in [0.2, 0.25) is 0 Å². The van der Waals surface area contributed by atoms with Crippen LogP contribution >= 0.6 is 0 Å². The molecule has 0 saturated carbocycles. The van der Waals surface area contributed by atoms with E-state index in [2.05, 4.69) is 6.07 Å². The smallest absolute Gasteiger partial charge is 0.241 e. The number of hydrogen-bond acceptors (Lipinski definition) is 6. The van der Waals surface area contributed by atoms with Gasteiger partial charge in [-0.25, -0.2) is 0 Å². The van der Waals surface area contributed by atoms with Crippen LogP contribution < -0.4 is 0 Å². The van der Waals surface area contributed by atoms with Crippen LogP contribution in [-0.4, -0.2) is 40.3 Å². The van der Waals surface area contributed by atoms with Crippen molar-refractivity contribution in [3.63, 3.8) is 0 Å². The van der Waals surface area contributed by atoms with Gasteiger partial charge in [0, 0.05) is 18.6 Å². The molecule has 1 saturated heterocycles. The van der Waals surface area contributed by atoms with Crippen LogP contribution in [0.3, 0.4) is 0 Å². The van der Waals surface area contributed by atoms with Crippen molar-refractivity contribution in [1.82, 2.24) is 0 Å². The molecule has 2 bridgehead atoms. The molecule has 3 aliphatic rings. The Hall–Kier alpha value is -2.96. The summed E-state index contributed by atoms with van der Waals surface area (Å²) in [5.41, 5.74) is 3.55. The molecular weight excluding hydrogens is 440 g/mol. The van der Waals surface area contributed by atoms with E-state index in [1.165, 1.54) is 5.56 Å². The molecule has 2 aliphatic heterocycles. The summed E-state index contributed by atoms with van der Waals surface area (Å²) in [6.45, 7) is 0.178. The summed E-state index contributed by atoms with van der Waals surface area (Å²) in [5, 5.41) is 26.9. The molecule has 184 valence electrons. The van der Waals surface area contributed by atoms with Crippen LogP contribution in [0.15, 0.2) is 48.5 Å². The van der Waals surface area contributed by atoms with Gasteiger partial charge in [-0.15, -0.1) is 0 Å². The van der Waals surface area contributed by atoms with Gasteiger partial charge in [-0.1, -0.05) is 48.5 Å². The Morgan fingerprint density at radius 2 is 1.77 bits per heavy atom. The van der Waals surface area contributed by atoms with Crippen LogP contribution in [0.1, 0.15) is 73.3 Å². The second kappa shape index (κ2) is 11.2. The molecule has 1 aliphatic carbocycles. The summed E-state index contributed by atoms with van der Waals surface area (Å²) >= 11 is 0. The Balaban J connectivity index is 1.22. The monoisotopic (exact) mass is 474 g/mol. The van der Waals surface area contributed by atoms with E-state index < -0.39 is 17.2 Å². The van der Waals surface area contributed by atoms with Crippen molar-refractivity contribution in [2.24, 2.45) is 0 Å². The highest BCUT2D eigenvalue weighted by Gasteiger charge is 2.41. The SMILES string of the molecule is N=C(CCCc1ccccc1)C(=O)C(=O)CCCCc1ccc2c(c1)[C@@H]1CCC(O)(CO1)C(=N)C2. The fourth-order valence-electron chi connectivity index (χ4n) is 4.99. The summed E-state index contributed by atoms with van der Waals surface area (Å²) in [5.74, 6) is -1.11. The van der Waals surface area contributed by atoms with Crippen molar-refractivity contribution < 1.29 is 19.4 Å². The number of aryl methyl sites for hydroxylation is 2. The normalized spacial score (nSPS) is 21.2. The minimum atomic E-state index is -1.13. The Labute approximate surface area is 206 Å². The molecule has 2 atom stereocenters. The quantitative estimate of drug-likeness (QED) is 0.248. The van der Waals surface area contributed by atoms with Gasteiger partial charge in [0.1, 0.15) is 5.60 Å². The molecule has 0 spiro atoms. The average molecular weight is 475 g/mol. The first-order chi connectivity index (χ1) is 16.9. The fraction of sp³-hybridized carbons (Fsp3) is 0.448. The number of fused-ring (bicyclic) bond motifs is 3. The van der Waals surface area contributed by atoms with Gasteiger partial charge in [0.05, 0.1) is 18.4 Å². The van der Waals surface area contributed by atoms with Gasteiger partial charge in [0.15, 0.2) is 0 Å². The van der Waals surface area contributed by atoms with Crippen LogP contribution in [0, 0.1) is 10.8 Å². The molecule has 0 amide bonds. The van der Waals surface area contributed by atoms with E-state index in [4.69, 9.17) is 15.6 Å². The minimum absolute atomic E-state index is 0.0505. The lowest BCUT2D eigenvalue weighted by atomic mass is 9.79. The number of benzene rings is 2. The van der Waals surface area contributed by atoms with Gasteiger partial charge in [0.2, 0.25) is 11.6 Å². The number of Topliss-reactive ketones (excluding diaryl/α,β-unsaturated/α-hetero) is 2. The third kappa shape index (κ3) is 6.19. The number of ether oxygens (including phenoxy) is 1. The molecule has 2 aromatic carbocycles. The standard InChI is InChI=1S/C29H34N2O4/c30-24(11-6-10-20-7-2-1-3-8-20)28(33)25(32)12-5-4-9-21-13-14-22-18-27(31)29(34)16-15-26(35-19-29)23(22)17-21/h1-3,7-8,13-14,17,26,30-31,34H,4-6,9-12,15-16,18-19H2/t26-,29?/m0/s1. The highest BCUT2D eigenvalue weighted by atomic mass is 16.5. The molecule has 1 fully saturated rings. The molecule has 2 heterocycles. The highest BCUT2D eigenvalue weighted by molar-refractivity contribution is 6.64. The Morgan fingerprint density at radius 3 is 2.51 bits per heavy atom. The number of ketones is 2. The maximum absolute atomic E-state index is 12.3. The van der Waals surface area contributed by atoms with E-state index in [9.17, 15) is 14.7 Å². The van der Waals surface area contributed by atoms with E-state index >= 15 is 0 Å². The van der Waals surface area contributed by atoms with E-state index in [0.717, 1.165) is 36.0 Å². The van der Waals surface area contributed by atoms with Gasteiger partial charge >= 0.3 is 0 Å². The van der Waals surface area contributed by atoms with Crippen molar-refractivity contribution in [1.29, 1.82) is 10.8 Å². The largest absolute Gasteiger partial charge is 0.381 e. The molecule has 1 unspecified atom stereocenters. The zero-order valence-electron chi connectivity index (χ0n) is 20.1. The third-order valence-electron chi connectivity index (χ3n) is 7.21. The number of rotatable bonds is 11. The summed E-state index contributed by atoms with van der Waals surface area (Å²) < 4.78 is 5.90. The van der Waals surface area contributed by atoms with Crippen molar-refractivity contribution in [2.45, 2.75) is 75.9 Å². The van der Waals surface area contributed by atoms with Crippen molar-refractivity contribution in [2.75, 3.05) is 6.61 Å². The molecular formula is C29H34N2O4. The lowest BCUT2D eigenvalue weighted by molar-refractivity contribution is -0.133. The summed E-state index contributed by atoms with van der Waals surface area (Å²) in [7, 11) is 0. The predicted molar refractivity (Wildman–Crippen MR) is 135 cm³/mol. The van der Waals surface area contributed by atoms with Gasteiger partial charge in [-0.05, 0) is 73.6 Å². The van der Waals surface area contributed by atoms with E-state index in [1.807, 2.05) is 42.5 Å². The summed E-state index contributed by atoms with van der Waals surface area (Å²) in [4.78, 5) is 24.6. The van der Waals surface area contributed by atoms with Gasteiger partial charge in [-0.3, -0.25) is 9.59 Å². The van der Waals surface area contributed by atoms with Crippen LogP contribution in [-0.2, 0) is 33.6 Å². The summed E-state index contributed by atoms with van der Waals surface area (Å²) in [6.07, 6.45) is 5.79. The molecule has 6 heteroatoms. The van der Waals surface area contributed by atoms with Crippen LogP contribution in [0.4, 0.5) is 0 Å². The highest BCUT2D eigenvalue weighted by Crippen LogP contribution is 2.39. The maximum atomic E-state index is 12.3. The summed E-state index contributed by atoms with van der Waals surface area (Å²) in [6, 6.07) is 16.1. The topological polar surface area (TPSA) is 111 Å². The molecule has 3 N–H and O–H groups in total. The lowest BCUT2D eigenvalue weighted by Gasteiger charge is -2.40. The van der Waals surface area contributed by atoms with Gasteiger partial charge < -0.3 is 20.7 Å². The van der Waals surface area contributed by atoms with Crippen molar-refractivity contribution >= 4 is 23.0 Å². The Bertz CT molecular complexity index is 1100. The fourth-order valence-corrected chi connectivity index (χ4v) is 4.99. The Kier molecular flexibility index (Phi) is 8.04. The zero-order chi connectivity index (χ0) is 24.8. The van der Waals surface area contributed by atoms with E-state index in [1.54, 1.807) is 0 Å². The first-order valence-electron chi connectivity index (χ1n) is 12.6. The van der Waals surface area contributed by atoms with Gasteiger partial charge in [-0.2, -0.15) is 0 Å². The number of aliphatic hydroxyl groups is 1. The van der Waals surface area contributed by atoms with Gasteiger partial charge in [0.25, 0.3) is 0 Å². The third-order valence-corrected chi connectivity index (χ3v) is 7.21. The van der Waals surface area contributed by atoms with Crippen LogP contribution in [0.5, 0.6) is 0 Å². The molecule has 35 heavy (non-hydrogen) atoms. The number of unbranched alkanes of at least 4 members (excludes halogenated alkanes) is 1. The number of carbonyl (C=O) groups excluding carboxylic acids is 2. The predicted octanol–water partition coefficient (Wildman–Crippen LogP) is 4.74. The second-order valence-electron chi connectivity index (χ2n) is 9.84. The van der Waals surface area contributed by atoms with Crippen LogP contribution in [0.25, 0.3) is 0 Å². The number of hydrogen-bond donors (Lipinski definition) is 3. The minimum Gasteiger partial charge on any atom is -0.381 e. The molecule has 6 nitrogen and oxygen atoms in total. The number of nitrogens with one attached hydrogen (secondary N) is 2. The zero-order valence-corrected chi connectivity index (χ0v) is 20.1. The first kappa shape index (κ1) is 25.1. The van der Waals surface area contributed by atoms with Crippen molar-refractivity contribution in [3.05, 3.63) is 70.8 Å². The maximum Gasteiger partial charge on any atom is 0.241 e. The molecule has 0 radical (unpaired) electrons. The van der Waals surface area contributed by atoms with Crippen molar-refractivity contribution in [3.8, 4) is 0 Å². The second-order valence-corrected chi connectivity index (χ2v) is 9.84. The average Bonchev–Trinajstić information content (AvgIpc) is 2.87. The number of carbonyl (C=O) groups is 2. The Morgan fingerprint density at radius 1 is 1.00 bits per heavy atom. The van der Waals surface area contributed by atoms with E-state index in [-0.39, 0.29) is 24.8 Å². The first-order valence-corrected chi connectivity index (χ1v) is 12.6. The lowest BCUT2D eigenvalue weighted by Crippen LogP contribution is -2.48. The molecule has 5 rings (SSSR count). The molecule has 0 aromatic heterocycles. The van der Waals surface area contributed by atoms with E-state index in [0.29, 0.717) is 44.2 Å². The molecule has 2 aromatic rings.